The smallest absolute Gasteiger partial charge is 0.222 e. The molecule has 132 valence electrons. The third-order valence-corrected chi connectivity index (χ3v) is 5.87. The molecule has 0 radical (unpaired) electrons. The maximum atomic E-state index is 12.4. The summed E-state index contributed by atoms with van der Waals surface area (Å²) in [6.45, 7) is 3.37. The maximum absolute atomic E-state index is 12.4. The Morgan fingerprint density at radius 1 is 1.04 bits per heavy atom. The molecule has 3 rings (SSSR count). The highest BCUT2D eigenvalue weighted by Gasteiger charge is 2.22. The minimum atomic E-state index is 0.338. The minimum Gasteiger partial charge on any atom is -0.367 e. The lowest BCUT2D eigenvalue weighted by Gasteiger charge is -2.36. The van der Waals surface area contributed by atoms with Crippen LogP contribution in [0.1, 0.15) is 51.4 Å². The van der Waals surface area contributed by atoms with Crippen LogP contribution in [-0.2, 0) is 4.79 Å². The second-order valence-corrected chi connectivity index (χ2v) is 7.62. The molecule has 2 aliphatic rings. The molecule has 1 saturated carbocycles. The summed E-state index contributed by atoms with van der Waals surface area (Å²) < 4.78 is 0. The Morgan fingerprint density at radius 3 is 2.46 bits per heavy atom. The zero-order valence-electron chi connectivity index (χ0n) is 14.6. The van der Waals surface area contributed by atoms with E-state index in [-0.39, 0.29) is 0 Å². The first-order valence-electron chi connectivity index (χ1n) is 9.51. The van der Waals surface area contributed by atoms with Gasteiger partial charge >= 0.3 is 0 Å². The van der Waals surface area contributed by atoms with Gasteiger partial charge in [-0.05, 0) is 30.9 Å². The first-order chi connectivity index (χ1) is 11.7. The lowest BCUT2D eigenvalue weighted by Crippen LogP contribution is -2.48. The van der Waals surface area contributed by atoms with Crippen molar-refractivity contribution in [2.75, 3.05) is 31.1 Å². The predicted octanol–water partition coefficient (Wildman–Crippen LogP) is 4.74. The molecule has 1 aliphatic carbocycles. The Morgan fingerprint density at radius 2 is 1.75 bits per heavy atom. The molecular weight excluding hydrogens is 320 g/mol. The third kappa shape index (κ3) is 4.66. The first kappa shape index (κ1) is 17.6. The van der Waals surface area contributed by atoms with Gasteiger partial charge in [-0.1, -0.05) is 55.8 Å². The summed E-state index contributed by atoms with van der Waals surface area (Å²) in [4.78, 5) is 16.8. The van der Waals surface area contributed by atoms with Gasteiger partial charge in [-0.2, -0.15) is 0 Å². The zero-order valence-corrected chi connectivity index (χ0v) is 15.3. The van der Waals surface area contributed by atoms with E-state index in [0.717, 1.165) is 55.6 Å². The second kappa shape index (κ2) is 8.75. The second-order valence-electron chi connectivity index (χ2n) is 7.22. The molecule has 3 nitrogen and oxygen atoms in total. The fourth-order valence-electron chi connectivity index (χ4n) is 4.08. The van der Waals surface area contributed by atoms with E-state index in [4.69, 9.17) is 11.6 Å². The summed E-state index contributed by atoms with van der Waals surface area (Å²) in [6, 6.07) is 7.96. The van der Waals surface area contributed by atoms with Crippen molar-refractivity contribution >= 4 is 23.2 Å². The number of benzene rings is 1. The first-order valence-corrected chi connectivity index (χ1v) is 9.89. The number of rotatable bonds is 5. The lowest BCUT2D eigenvalue weighted by molar-refractivity contribution is -0.131. The monoisotopic (exact) mass is 348 g/mol. The van der Waals surface area contributed by atoms with Crippen LogP contribution in [-0.4, -0.2) is 37.0 Å². The van der Waals surface area contributed by atoms with Gasteiger partial charge in [0.15, 0.2) is 0 Å². The quantitative estimate of drug-likeness (QED) is 0.767. The summed E-state index contributed by atoms with van der Waals surface area (Å²) in [7, 11) is 0. The average molecular weight is 349 g/mol. The maximum Gasteiger partial charge on any atom is 0.222 e. The van der Waals surface area contributed by atoms with E-state index in [9.17, 15) is 4.79 Å². The number of amides is 1. The predicted molar refractivity (Wildman–Crippen MR) is 101 cm³/mol. The van der Waals surface area contributed by atoms with Crippen molar-refractivity contribution in [3.05, 3.63) is 29.3 Å². The van der Waals surface area contributed by atoms with Gasteiger partial charge in [0.2, 0.25) is 5.91 Å². The number of carbonyl (C=O) groups excluding carboxylic acids is 1. The number of anilines is 1. The number of halogens is 1. The van der Waals surface area contributed by atoms with Crippen LogP contribution in [0, 0.1) is 5.92 Å². The van der Waals surface area contributed by atoms with E-state index in [1.807, 2.05) is 23.1 Å². The van der Waals surface area contributed by atoms with Gasteiger partial charge in [-0.3, -0.25) is 4.79 Å². The number of nitrogens with zero attached hydrogens (tertiary/aromatic N) is 2. The summed E-state index contributed by atoms with van der Waals surface area (Å²) >= 11 is 6.28. The van der Waals surface area contributed by atoms with Gasteiger partial charge in [0.05, 0.1) is 10.7 Å². The molecule has 24 heavy (non-hydrogen) atoms. The molecule has 0 aromatic heterocycles. The van der Waals surface area contributed by atoms with Crippen molar-refractivity contribution in [3.8, 4) is 0 Å². The lowest BCUT2D eigenvalue weighted by atomic mass is 9.86. The number of para-hydroxylation sites is 1. The molecule has 1 aromatic rings. The normalized spacial score (nSPS) is 19.5. The zero-order chi connectivity index (χ0) is 16.8. The van der Waals surface area contributed by atoms with Crippen molar-refractivity contribution in [1.82, 2.24) is 4.90 Å². The van der Waals surface area contributed by atoms with Gasteiger partial charge < -0.3 is 9.80 Å². The summed E-state index contributed by atoms with van der Waals surface area (Å²) in [5.74, 6) is 1.22. The molecule has 2 fully saturated rings. The van der Waals surface area contributed by atoms with Crippen LogP contribution in [0.3, 0.4) is 0 Å². The van der Waals surface area contributed by atoms with E-state index in [1.165, 1.54) is 38.5 Å². The van der Waals surface area contributed by atoms with Crippen LogP contribution >= 0.6 is 11.6 Å². The molecule has 0 N–H and O–H groups in total. The van der Waals surface area contributed by atoms with Gasteiger partial charge in [0, 0.05) is 32.6 Å². The standard InChI is InChI=1S/C20H29ClN2O/c21-18-10-4-5-11-19(18)22-13-15-23(16-14-22)20(24)12-6-9-17-7-2-1-3-8-17/h4-5,10-11,17H,1-3,6-9,12-16H2. The van der Waals surface area contributed by atoms with E-state index in [2.05, 4.69) is 11.0 Å². The van der Waals surface area contributed by atoms with Gasteiger partial charge in [-0.25, -0.2) is 0 Å². The van der Waals surface area contributed by atoms with Crippen molar-refractivity contribution in [1.29, 1.82) is 0 Å². The molecule has 0 unspecified atom stereocenters. The molecule has 0 spiro atoms. The topological polar surface area (TPSA) is 23.6 Å². The molecular formula is C20H29ClN2O. The van der Waals surface area contributed by atoms with Crippen LogP contribution < -0.4 is 4.90 Å². The van der Waals surface area contributed by atoms with Gasteiger partial charge in [-0.15, -0.1) is 0 Å². The summed E-state index contributed by atoms with van der Waals surface area (Å²) in [5, 5.41) is 0.796. The van der Waals surface area contributed by atoms with E-state index in [0.29, 0.717) is 5.91 Å². The highest BCUT2D eigenvalue weighted by Crippen LogP contribution is 2.28. The number of piperazine rings is 1. The Hall–Kier alpha value is -1.22. The van der Waals surface area contributed by atoms with Crippen LogP contribution in [0.2, 0.25) is 5.02 Å². The van der Waals surface area contributed by atoms with E-state index < -0.39 is 0 Å². The molecule has 1 aliphatic heterocycles. The fourth-order valence-corrected chi connectivity index (χ4v) is 4.34. The highest BCUT2D eigenvalue weighted by atomic mass is 35.5. The summed E-state index contributed by atoms with van der Waals surface area (Å²) in [5.41, 5.74) is 1.09. The van der Waals surface area contributed by atoms with Crippen molar-refractivity contribution in [2.45, 2.75) is 51.4 Å². The Balaban J connectivity index is 1.39. The van der Waals surface area contributed by atoms with Gasteiger partial charge in [0.25, 0.3) is 0 Å². The Labute approximate surface area is 151 Å². The molecule has 1 aromatic carbocycles. The number of hydrogen-bond donors (Lipinski definition) is 0. The van der Waals surface area contributed by atoms with Crippen molar-refractivity contribution in [3.63, 3.8) is 0 Å². The van der Waals surface area contributed by atoms with Gasteiger partial charge in [0.1, 0.15) is 0 Å². The SMILES string of the molecule is O=C(CCCC1CCCCC1)N1CCN(c2ccccc2Cl)CC1. The minimum absolute atomic E-state index is 0.338. The van der Waals surface area contributed by atoms with Crippen LogP contribution in [0.5, 0.6) is 0 Å². The molecule has 1 heterocycles. The Kier molecular flexibility index (Phi) is 6.42. The molecule has 1 saturated heterocycles. The molecule has 0 atom stereocenters. The van der Waals surface area contributed by atoms with Crippen LogP contribution in [0.4, 0.5) is 5.69 Å². The van der Waals surface area contributed by atoms with E-state index in [1.54, 1.807) is 0 Å². The molecule has 0 bridgehead atoms. The van der Waals surface area contributed by atoms with Crippen LogP contribution in [0.15, 0.2) is 24.3 Å². The molecule has 1 amide bonds. The fraction of sp³-hybridized carbons (Fsp3) is 0.650. The third-order valence-electron chi connectivity index (χ3n) is 5.55. The largest absolute Gasteiger partial charge is 0.367 e. The van der Waals surface area contributed by atoms with Crippen molar-refractivity contribution in [2.24, 2.45) is 5.92 Å². The van der Waals surface area contributed by atoms with Crippen molar-refractivity contribution < 1.29 is 4.79 Å². The number of carbonyl (C=O) groups is 1. The van der Waals surface area contributed by atoms with Crippen LogP contribution in [0.25, 0.3) is 0 Å². The summed E-state index contributed by atoms with van der Waals surface area (Å²) in [6.07, 6.45) is 9.98. The van der Waals surface area contributed by atoms with E-state index >= 15 is 0 Å². The average Bonchev–Trinajstić information content (AvgIpc) is 2.63. The Bertz CT molecular complexity index is 534. The molecule has 4 heteroatoms. The number of hydrogen-bond acceptors (Lipinski definition) is 2. The highest BCUT2D eigenvalue weighted by molar-refractivity contribution is 6.33.